The molecule has 0 aromatic carbocycles. The van der Waals surface area contributed by atoms with Crippen LogP contribution in [0.4, 0.5) is 0 Å². The molecule has 1 fully saturated rings. The van der Waals surface area contributed by atoms with Gasteiger partial charge in [0.2, 0.25) is 10.0 Å². The lowest BCUT2D eigenvalue weighted by atomic mass is 9.93. The highest BCUT2D eigenvalue weighted by Gasteiger charge is 2.25. The largest absolute Gasteiger partial charge is 0.315 e. The summed E-state index contributed by atoms with van der Waals surface area (Å²) in [6.07, 6.45) is 7.05. The van der Waals surface area contributed by atoms with E-state index in [9.17, 15) is 8.42 Å². The molecule has 4 nitrogen and oxygen atoms in total. The molecule has 2 unspecified atom stereocenters. The number of piperidine rings is 1. The summed E-state index contributed by atoms with van der Waals surface area (Å²) in [6, 6.07) is 0.574. The van der Waals surface area contributed by atoms with Crippen LogP contribution in [0.1, 0.15) is 46.0 Å². The Morgan fingerprint density at radius 3 is 2.78 bits per heavy atom. The molecule has 1 rings (SSSR count). The highest BCUT2D eigenvalue weighted by Crippen LogP contribution is 2.23. The number of hydrogen-bond donors (Lipinski definition) is 1. The molecule has 2 atom stereocenters. The number of nitrogens with zero attached hydrogens (tertiary/aromatic N) is 1. The van der Waals surface area contributed by atoms with Crippen molar-refractivity contribution in [2.45, 2.75) is 52.0 Å². The molecule has 0 bridgehead atoms. The zero-order valence-electron chi connectivity index (χ0n) is 12.0. The molecule has 5 heteroatoms. The van der Waals surface area contributed by atoms with Crippen LogP contribution >= 0.6 is 0 Å². The molecular weight excluding hydrogens is 248 g/mol. The Kier molecular flexibility index (Phi) is 6.60. The van der Waals surface area contributed by atoms with E-state index in [1.165, 1.54) is 25.5 Å². The van der Waals surface area contributed by atoms with E-state index in [0.29, 0.717) is 18.5 Å². The molecule has 1 heterocycles. The predicted molar refractivity (Wildman–Crippen MR) is 76.1 cm³/mol. The van der Waals surface area contributed by atoms with Crippen molar-refractivity contribution in [2.75, 3.05) is 25.9 Å². The van der Waals surface area contributed by atoms with Crippen LogP contribution < -0.4 is 5.32 Å². The first-order valence-corrected chi connectivity index (χ1v) is 8.96. The lowest BCUT2D eigenvalue weighted by molar-refractivity contribution is 0.250. The van der Waals surface area contributed by atoms with E-state index in [2.05, 4.69) is 19.2 Å². The van der Waals surface area contributed by atoms with E-state index in [-0.39, 0.29) is 0 Å². The molecule has 1 N–H and O–H groups in total. The van der Waals surface area contributed by atoms with Gasteiger partial charge in [-0.3, -0.25) is 0 Å². The van der Waals surface area contributed by atoms with Gasteiger partial charge >= 0.3 is 0 Å². The third kappa shape index (κ3) is 5.67. The van der Waals surface area contributed by atoms with E-state index in [0.717, 1.165) is 25.9 Å². The van der Waals surface area contributed by atoms with Gasteiger partial charge in [-0.05, 0) is 45.1 Å². The standard InChI is InChI=1S/C13H28N2O2S/c1-4-14-12(2)7-5-8-13-9-6-10-15(11-13)18(3,16)17/h12-14H,4-11H2,1-3H3. The second kappa shape index (κ2) is 7.46. The van der Waals surface area contributed by atoms with Gasteiger partial charge in [0.05, 0.1) is 6.26 Å². The smallest absolute Gasteiger partial charge is 0.211 e. The Morgan fingerprint density at radius 1 is 1.44 bits per heavy atom. The second-order valence-corrected chi connectivity index (χ2v) is 7.50. The quantitative estimate of drug-likeness (QED) is 0.772. The van der Waals surface area contributed by atoms with E-state index >= 15 is 0 Å². The van der Waals surface area contributed by atoms with Crippen LogP contribution in [0.2, 0.25) is 0 Å². The van der Waals surface area contributed by atoms with Gasteiger partial charge in [0.1, 0.15) is 0 Å². The minimum absolute atomic E-state index is 0.558. The molecule has 0 spiro atoms. The molecule has 1 saturated heterocycles. The number of nitrogens with one attached hydrogen (secondary N) is 1. The van der Waals surface area contributed by atoms with Gasteiger partial charge < -0.3 is 5.32 Å². The van der Waals surface area contributed by atoms with Crippen molar-refractivity contribution in [1.82, 2.24) is 9.62 Å². The van der Waals surface area contributed by atoms with Crippen molar-refractivity contribution in [3.8, 4) is 0 Å². The van der Waals surface area contributed by atoms with Gasteiger partial charge in [-0.25, -0.2) is 12.7 Å². The van der Waals surface area contributed by atoms with Crippen LogP contribution in [0.5, 0.6) is 0 Å². The average Bonchev–Trinajstić information content (AvgIpc) is 2.29. The summed E-state index contributed by atoms with van der Waals surface area (Å²) in [4.78, 5) is 0. The Balaban J connectivity index is 2.26. The zero-order chi connectivity index (χ0) is 13.6. The molecule has 0 aromatic rings. The molecule has 0 amide bonds. The van der Waals surface area contributed by atoms with Crippen molar-refractivity contribution in [3.63, 3.8) is 0 Å². The Hall–Kier alpha value is -0.130. The van der Waals surface area contributed by atoms with Crippen LogP contribution in [0.15, 0.2) is 0 Å². The van der Waals surface area contributed by atoms with Gasteiger partial charge in [0.15, 0.2) is 0 Å². The van der Waals surface area contributed by atoms with Crippen LogP contribution in [0.25, 0.3) is 0 Å². The maximum absolute atomic E-state index is 11.5. The fourth-order valence-electron chi connectivity index (χ4n) is 2.73. The zero-order valence-corrected chi connectivity index (χ0v) is 12.8. The van der Waals surface area contributed by atoms with Crippen molar-refractivity contribution in [2.24, 2.45) is 5.92 Å². The van der Waals surface area contributed by atoms with E-state index in [4.69, 9.17) is 0 Å². The predicted octanol–water partition coefficient (Wildman–Crippen LogP) is 1.83. The first-order chi connectivity index (χ1) is 8.43. The minimum atomic E-state index is -2.99. The van der Waals surface area contributed by atoms with Gasteiger partial charge in [-0.15, -0.1) is 0 Å². The Morgan fingerprint density at radius 2 is 2.17 bits per heavy atom. The van der Waals surface area contributed by atoms with Gasteiger partial charge in [-0.1, -0.05) is 13.3 Å². The summed E-state index contributed by atoms with van der Waals surface area (Å²) in [7, 11) is -2.99. The number of rotatable bonds is 7. The molecule has 108 valence electrons. The average molecular weight is 276 g/mol. The Labute approximate surface area is 112 Å². The number of hydrogen-bond acceptors (Lipinski definition) is 3. The van der Waals surface area contributed by atoms with Crippen LogP contribution in [0, 0.1) is 5.92 Å². The molecule has 1 aliphatic heterocycles. The summed E-state index contributed by atoms with van der Waals surface area (Å²) in [5.41, 5.74) is 0. The molecule has 0 aliphatic carbocycles. The van der Waals surface area contributed by atoms with E-state index in [1.807, 2.05) is 0 Å². The first-order valence-electron chi connectivity index (χ1n) is 7.12. The van der Waals surface area contributed by atoms with Crippen molar-refractivity contribution in [1.29, 1.82) is 0 Å². The first kappa shape index (κ1) is 15.9. The molecule has 1 aliphatic rings. The third-order valence-electron chi connectivity index (χ3n) is 3.75. The summed E-state index contributed by atoms with van der Waals surface area (Å²) in [5.74, 6) is 0.558. The van der Waals surface area contributed by atoms with Gasteiger partial charge in [0, 0.05) is 19.1 Å². The lowest BCUT2D eigenvalue weighted by Gasteiger charge is -2.31. The topological polar surface area (TPSA) is 49.4 Å². The highest BCUT2D eigenvalue weighted by atomic mass is 32.2. The molecule has 0 saturated carbocycles. The second-order valence-electron chi connectivity index (χ2n) is 5.52. The minimum Gasteiger partial charge on any atom is -0.315 e. The van der Waals surface area contributed by atoms with Crippen molar-refractivity contribution >= 4 is 10.0 Å². The molecule has 0 aromatic heterocycles. The molecule has 18 heavy (non-hydrogen) atoms. The van der Waals surface area contributed by atoms with Crippen molar-refractivity contribution in [3.05, 3.63) is 0 Å². The van der Waals surface area contributed by atoms with E-state index < -0.39 is 10.0 Å². The Bertz CT molecular complexity index is 330. The van der Waals surface area contributed by atoms with Gasteiger partial charge in [-0.2, -0.15) is 0 Å². The summed E-state index contributed by atoms with van der Waals surface area (Å²) < 4.78 is 24.7. The highest BCUT2D eigenvalue weighted by molar-refractivity contribution is 7.88. The van der Waals surface area contributed by atoms with Crippen molar-refractivity contribution < 1.29 is 8.42 Å². The normalized spacial score (nSPS) is 24.1. The van der Waals surface area contributed by atoms with E-state index in [1.54, 1.807) is 4.31 Å². The maximum atomic E-state index is 11.5. The summed E-state index contributed by atoms with van der Waals surface area (Å²) in [6.45, 7) is 6.80. The fraction of sp³-hybridized carbons (Fsp3) is 1.00. The monoisotopic (exact) mass is 276 g/mol. The fourth-order valence-corrected chi connectivity index (χ4v) is 3.67. The van der Waals surface area contributed by atoms with Gasteiger partial charge in [0.25, 0.3) is 0 Å². The summed E-state index contributed by atoms with van der Waals surface area (Å²) in [5, 5.41) is 3.41. The lowest BCUT2D eigenvalue weighted by Crippen LogP contribution is -2.39. The third-order valence-corrected chi connectivity index (χ3v) is 5.02. The SMILES string of the molecule is CCNC(C)CCCC1CCCN(S(C)(=O)=O)C1. The van der Waals surface area contributed by atoms with Crippen LogP contribution in [0.3, 0.4) is 0 Å². The van der Waals surface area contributed by atoms with Crippen LogP contribution in [-0.4, -0.2) is 44.7 Å². The maximum Gasteiger partial charge on any atom is 0.211 e. The molecule has 0 radical (unpaired) electrons. The van der Waals surface area contributed by atoms with Crippen LogP contribution in [-0.2, 0) is 10.0 Å². The summed E-state index contributed by atoms with van der Waals surface area (Å²) >= 11 is 0. The molecular formula is C13H28N2O2S. The number of sulfonamides is 1.